The number of fused-ring (bicyclic) bond motifs is 1. The largest absolute Gasteiger partial charge is 0.490 e. The van der Waals surface area contributed by atoms with Crippen molar-refractivity contribution in [3.63, 3.8) is 0 Å². The first-order valence-corrected chi connectivity index (χ1v) is 8.59. The number of hydrogen-bond acceptors (Lipinski definition) is 5. The van der Waals surface area contributed by atoms with Gasteiger partial charge in [-0.25, -0.2) is 4.79 Å². The second-order valence-electron chi connectivity index (χ2n) is 6.62. The van der Waals surface area contributed by atoms with Crippen LogP contribution in [0, 0.1) is 11.8 Å². The number of carboxylic acids is 1. The minimum Gasteiger partial charge on any atom is -0.475 e. The van der Waals surface area contributed by atoms with E-state index in [9.17, 15) is 18.0 Å². The number of alkyl halides is 3. The topological polar surface area (TPSA) is 92.0 Å². The highest BCUT2D eigenvalue weighted by atomic mass is 19.4. The molecule has 1 aromatic rings. The van der Waals surface area contributed by atoms with E-state index < -0.39 is 12.1 Å². The Balaban J connectivity index is 0.000000321. The van der Waals surface area contributed by atoms with E-state index in [-0.39, 0.29) is 17.9 Å². The fourth-order valence-corrected chi connectivity index (χ4v) is 3.33. The zero-order valence-corrected chi connectivity index (χ0v) is 14.9. The average Bonchev–Trinajstić information content (AvgIpc) is 3.12. The average molecular weight is 392 g/mol. The first kappa shape index (κ1) is 21.2. The van der Waals surface area contributed by atoms with Crippen molar-refractivity contribution < 1.29 is 37.0 Å². The van der Waals surface area contributed by atoms with Crippen molar-refractivity contribution >= 4 is 11.9 Å². The summed E-state index contributed by atoms with van der Waals surface area (Å²) in [6.07, 6.45) is -1.36. The van der Waals surface area contributed by atoms with Crippen LogP contribution < -0.4 is 5.32 Å². The molecule has 0 spiro atoms. The lowest BCUT2D eigenvalue weighted by Gasteiger charge is -2.43. The van der Waals surface area contributed by atoms with Gasteiger partial charge in [0.1, 0.15) is 5.76 Å². The number of amides is 1. The quantitative estimate of drug-likeness (QED) is 0.816. The van der Waals surface area contributed by atoms with Gasteiger partial charge in [-0.2, -0.15) is 13.2 Å². The SMILES string of the molecule is CN1CC[C@H]2OCC[C@@H](C(=O)NCc3ccco3)[C@@H]2C1.O=C(O)C(F)(F)F. The van der Waals surface area contributed by atoms with Crippen molar-refractivity contribution in [2.45, 2.75) is 31.7 Å². The third-order valence-electron chi connectivity index (χ3n) is 4.67. The van der Waals surface area contributed by atoms with Gasteiger partial charge in [0.15, 0.2) is 0 Å². The van der Waals surface area contributed by atoms with Gasteiger partial charge in [0, 0.05) is 31.5 Å². The zero-order chi connectivity index (χ0) is 20.0. The highest BCUT2D eigenvalue weighted by Crippen LogP contribution is 2.32. The number of nitrogens with zero attached hydrogens (tertiary/aromatic N) is 1. The van der Waals surface area contributed by atoms with Crippen LogP contribution in [-0.2, 0) is 20.9 Å². The molecule has 3 rings (SSSR count). The van der Waals surface area contributed by atoms with Gasteiger partial charge >= 0.3 is 12.1 Å². The van der Waals surface area contributed by atoms with Crippen molar-refractivity contribution in [3.8, 4) is 0 Å². The number of furan rings is 1. The molecule has 2 aliphatic rings. The molecule has 152 valence electrons. The Hall–Kier alpha value is -2.07. The molecule has 2 saturated heterocycles. The Morgan fingerprint density at radius 1 is 1.37 bits per heavy atom. The number of carboxylic acid groups (broad SMARTS) is 1. The van der Waals surface area contributed by atoms with Gasteiger partial charge in [-0.1, -0.05) is 0 Å². The molecule has 0 unspecified atom stereocenters. The van der Waals surface area contributed by atoms with E-state index in [1.807, 2.05) is 12.1 Å². The van der Waals surface area contributed by atoms with E-state index in [1.54, 1.807) is 6.26 Å². The normalized spacial score (nSPS) is 25.7. The van der Waals surface area contributed by atoms with Gasteiger partial charge in [-0.05, 0) is 32.0 Å². The third kappa shape index (κ3) is 6.24. The Kier molecular flexibility index (Phi) is 7.25. The maximum atomic E-state index is 12.4. The molecule has 10 heteroatoms. The Labute approximate surface area is 154 Å². The molecule has 3 heterocycles. The molecule has 1 amide bonds. The summed E-state index contributed by atoms with van der Waals surface area (Å²) in [4.78, 5) is 23.6. The number of carbonyl (C=O) groups excluding carboxylic acids is 1. The number of carbonyl (C=O) groups is 2. The lowest BCUT2D eigenvalue weighted by molar-refractivity contribution is -0.192. The summed E-state index contributed by atoms with van der Waals surface area (Å²) in [6.45, 7) is 3.17. The minimum atomic E-state index is -5.08. The van der Waals surface area contributed by atoms with E-state index in [2.05, 4.69) is 17.3 Å². The van der Waals surface area contributed by atoms with Crippen molar-refractivity contribution in [3.05, 3.63) is 24.2 Å². The van der Waals surface area contributed by atoms with E-state index in [1.165, 1.54) is 0 Å². The van der Waals surface area contributed by atoms with Crippen LogP contribution in [0.15, 0.2) is 22.8 Å². The minimum absolute atomic E-state index is 0.0615. The summed E-state index contributed by atoms with van der Waals surface area (Å²) >= 11 is 0. The number of halogens is 3. The lowest BCUT2D eigenvalue weighted by Crippen LogP contribution is -2.52. The van der Waals surface area contributed by atoms with Crippen molar-refractivity contribution in [1.29, 1.82) is 0 Å². The molecular formula is C17H23F3N2O5. The van der Waals surface area contributed by atoms with Gasteiger partial charge in [0.2, 0.25) is 5.91 Å². The fourth-order valence-electron chi connectivity index (χ4n) is 3.33. The van der Waals surface area contributed by atoms with Gasteiger partial charge in [0.25, 0.3) is 0 Å². The molecule has 7 nitrogen and oxygen atoms in total. The van der Waals surface area contributed by atoms with Crippen LogP contribution in [0.25, 0.3) is 0 Å². The molecule has 0 radical (unpaired) electrons. The summed E-state index contributed by atoms with van der Waals surface area (Å²) in [5.74, 6) is -1.45. The van der Waals surface area contributed by atoms with Gasteiger partial charge < -0.3 is 24.5 Å². The standard InChI is InChI=1S/C15H22N2O3.C2HF3O2/c1-17-6-4-14-13(10-17)12(5-8-20-14)15(18)16-9-11-3-2-7-19-11;3-2(4,5)1(6)7/h2-3,7,12-14H,4-6,8-10H2,1H3,(H,16,18);(H,6,7)/t12-,13+,14-;/m1./s1. The molecule has 3 atom stereocenters. The molecule has 0 aromatic carbocycles. The van der Waals surface area contributed by atoms with E-state index >= 15 is 0 Å². The smallest absolute Gasteiger partial charge is 0.475 e. The van der Waals surface area contributed by atoms with Crippen LogP contribution in [0.5, 0.6) is 0 Å². The van der Waals surface area contributed by atoms with Gasteiger partial charge in [-0.15, -0.1) is 0 Å². The Morgan fingerprint density at radius 2 is 2.07 bits per heavy atom. The second kappa shape index (κ2) is 9.23. The Morgan fingerprint density at radius 3 is 2.67 bits per heavy atom. The van der Waals surface area contributed by atoms with Crippen LogP contribution in [0.2, 0.25) is 0 Å². The van der Waals surface area contributed by atoms with E-state index in [0.717, 1.165) is 31.7 Å². The summed E-state index contributed by atoms with van der Waals surface area (Å²) in [7, 11) is 2.11. The molecule has 0 saturated carbocycles. The second-order valence-corrected chi connectivity index (χ2v) is 6.62. The third-order valence-corrected chi connectivity index (χ3v) is 4.67. The lowest BCUT2D eigenvalue weighted by atomic mass is 9.79. The highest BCUT2D eigenvalue weighted by Gasteiger charge is 2.41. The summed E-state index contributed by atoms with van der Waals surface area (Å²) in [5.41, 5.74) is 0. The number of rotatable bonds is 3. The molecule has 2 fully saturated rings. The first-order chi connectivity index (χ1) is 12.7. The monoisotopic (exact) mass is 392 g/mol. The van der Waals surface area contributed by atoms with E-state index in [4.69, 9.17) is 19.1 Å². The maximum Gasteiger partial charge on any atom is 0.490 e. The summed E-state index contributed by atoms with van der Waals surface area (Å²) in [5, 5.41) is 10.1. The van der Waals surface area contributed by atoms with Crippen molar-refractivity contribution in [2.24, 2.45) is 11.8 Å². The molecule has 0 bridgehead atoms. The van der Waals surface area contributed by atoms with Crippen molar-refractivity contribution in [2.75, 3.05) is 26.7 Å². The van der Waals surface area contributed by atoms with Crippen molar-refractivity contribution in [1.82, 2.24) is 10.2 Å². The molecule has 2 aliphatic heterocycles. The number of hydrogen-bond donors (Lipinski definition) is 2. The van der Waals surface area contributed by atoms with Crippen LogP contribution in [0.1, 0.15) is 18.6 Å². The predicted octanol–water partition coefficient (Wildman–Crippen LogP) is 1.89. The highest BCUT2D eigenvalue weighted by molar-refractivity contribution is 5.79. The molecular weight excluding hydrogens is 369 g/mol. The van der Waals surface area contributed by atoms with Gasteiger partial charge in [-0.3, -0.25) is 4.79 Å². The zero-order valence-electron chi connectivity index (χ0n) is 14.9. The van der Waals surface area contributed by atoms with Crippen LogP contribution >= 0.6 is 0 Å². The van der Waals surface area contributed by atoms with Crippen LogP contribution in [-0.4, -0.2) is 60.9 Å². The predicted molar refractivity (Wildman–Crippen MR) is 87.7 cm³/mol. The fraction of sp³-hybridized carbons (Fsp3) is 0.647. The van der Waals surface area contributed by atoms with Gasteiger partial charge in [0.05, 0.1) is 18.9 Å². The number of aliphatic carboxylic acids is 1. The Bertz CT molecular complexity index is 621. The van der Waals surface area contributed by atoms with Crippen LogP contribution in [0.3, 0.4) is 0 Å². The number of ether oxygens (including phenoxy) is 1. The molecule has 0 aliphatic carbocycles. The molecule has 27 heavy (non-hydrogen) atoms. The molecule has 2 N–H and O–H groups in total. The first-order valence-electron chi connectivity index (χ1n) is 8.59. The number of likely N-dealkylation sites (tertiary alicyclic amines) is 1. The van der Waals surface area contributed by atoms with E-state index in [0.29, 0.717) is 19.1 Å². The number of piperidine rings is 1. The number of nitrogens with one attached hydrogen (secondary N) is 1. The maximum absolute atomic E-state index is 12.4. The summed E-state index contributed by atoms with van der Waals surface area (Å²) < 4.78 is 42.8. The summed E-state index contributed by atoms with van der Waals surface area (Å²) in [6, 6.07) is 3.71. The van der Waals surface area contributed by atoms with Crippen LogP contribution in [0.4, 0.5) is 13.2 Å². The molecule has 1 aromatic heterocycles.